The fourth-order valence-corrected chi connectivity index (χ4v) is 3.36. The van der Waals surface area contributed by atoms with E-state index in [-0.39, 0.29) is 36.4 Å². The summed E-state index contributed by atoms with van der Waals surface area (Å²) in [6, 6.07) is 24.3. The molecule has 5 nitrogen and oxygen atoms in total. The summed E-state index contributed by atoms with van der Waals surface area (Å²) in [5, 5.41) is 4.55. The molecule has 0 spiro atoms. The Morgan fingerprint density at radius 3 is 0.839 bits per heavy atom. The first kappa shape index (κ1) is 24.2. The molecule has 0 aliphatic rings. The van der Waals surface area contributed by atoms with Crippen LogP contribution in [-0.4, -0.2) is 19.9 Å². The Hall–Kier alpha value is -3.09. The van der Waals surface area contributed by atoms with Gasteiger partial charge in [0, 0.05) is 64.9 Å². The van der Waals surface area contributed by atoms with Gasteiger partial charge >= 0.3 is 0 Å². The quantitative estimate of drug-likeness (QED) is 0.325. The summed E-state index contributed by atoms with van der Waals surface area (Å²) in [6.45, 7) is 0. The van der Waals surface area contributed by atoms with E-state index < -0.39 is 0 Å². The largest absolute Gasteiger partial charge is 2.00 e. The molecule has 6 rings (SSSR count). The van der Waals surface area contributed by atoms with Crippen molar-refractivity contribution in [1.82, 2.24) is 19.9 Å². The molecule has 0 fully saturated rings. The van der Waals surface area contributed by atoms with E-state index in [1.54, 1.807) is 24.8 Å². The first-order valence-electron chi connectivity index (χ1n) is 9.07. The van der Waals surface area contributed by atoms with Gasteiger partial charge in [0.2, 0.25) is 0 Å². The van der Waals surface area contributed by atoms with Gasteiger partial charge in [-0.05, 0) is 24.3 Å². The first-order valence-corrected chi connectivity index (χ1v) is 9.07. The molecule has 0 bridgehead atoms. The zero-order valence-corrected chi connectivity index (χ0v) is 18.4. The third kappa shape index (κ3) is 4.81. The number of benzene rings is 2. The normalized spacial score (nSPS) is 9.81. The first-order chi connectivity index (χ1) is 13.9. The molecule has 0 saturated carbocycles. The second-order valence-corrected chi connectivity index (χ2v) is 6.43. The van der Waals surface area contributed by atoms with Crippen LogP contribution in [0.15, 0.2) is 97.6 Å². The SMILES string of the molecule is [Cl-].[O-2].[V].c1cnc2c(c1)ccc1cccnc12.c1cnc2c(c1)ccc1cccnc12. The van der Waals surface area contributed by atoms with Gasteiger partial charge in [0.1, 0.15) is 0 Å². The van der Waals surface area contributed by atoms with E-state index in [0.717, 1.165) is 43.6 Å². The third-order valence-electron chi connectivity index (χ3n) is 4.69. The monoisotopic (exact) mass is 462 g/mol. The van der Waals surface area contributed by atoms with Gasteiger partial charge in [0.15, 0.2) is 0 Å². The summed E-state index contributed by atoms with van der Waals surface area (Å²) in [5.41, 5.74) is 3.91. The fourth-order valence-electron chi connectivity index (χ4n) is 3.36. The fraction of sp³-hybridized carbons (Fsp3) is 0. The Morgan fingerprint density at radius 1 is 0.387 bits per heavy atom. The van der Waals surface area contributed by atoms with E-state index in [0.29, 0.717) is 0 Å². The van der Waals surface area contributed by atoms with Gasteiger partial charge in [-0.3, -0.25) is 19.9 Å². The Balaban J connectivity index is 0.000000201. The number of rotatable bonds is 0. The van der Waals surface area contributed by atoms with Crippen LogP contribution in [0.4, 0.5) is 0 Å². The zero-order valence-electron chi connectivity index (χ0n) is 16.3. The molecule has 153 valence electrons. The van der Waals surface area contributed by atoms with E-state index in [1.807, 2.05) is 24.3 Å². The van der Waals surface area contributed by atoms with Crippen LogP contribution in [0.5, 0.6) is 0 Å². The van der Waals surface area contributed by atoms with Crippen molar-refractivity contribution in [2.75, 3.05) is 0 Å². The molecule has 0 unspecified atom stereocenters. The van der Waals surface area contributed by atoms with E-state index in [2.05, 4.69) is 68.5 Å². The number of hydrogen-bond donors (Lipinski definition) is 0. The van der Waals surface area contributed by atoms with Gasteiger partial charge in [-0.2, -0.15) is 0 Å². The van der Waals surface area contributed by atoms with Crippen molar-refractivity contribution in [3.05, 3.63) is 97.6 Å². The molecular weight excluding hydrogens is 447 g/mol. The summed E-state index contributed by atoms with van der Waals surface area (Å²) < 4.78 is 0. The minimum absolute atomic E-state index is 0. The van der Waals surface area contributed by atoms with Crippen LogP contribution >= 0.6 is 0 Å². The van der Waals surface area contributed by atoms with Crippen LogP contribution in [0.2, 0.25) is 0 Å². The molecule has 2 aromatic carbocycles. The molecule has 4 heterocycles. The van der Waals surface area contributed by atoms with Gasteiger partial charge in [-0.1, -0.05) is 48.5 Å². The van der Waals surface area contributed by atoms with Gasteiger partial charge in [-0.25, -0.2) is 0 Å². The van der Waals surface area contributed by atoms with Crippen LogP contribution < -0.4 is 12.4 Å². The molecule has 6 aromatic rings. The number of nitrogens with zero attached hydrogens (tertiary/aromatic N) is 4. The smallest absolute Gasteiger partial charge is 0.0964 e. The molecule has 0 atom stereocenters. The molecule has 1 radical (unpaired) electrons. The predicted octanol–water partition coefficient (Wildman–Crippen LogP) is 2.45. The average molecular weight is 463 g/mol. The maximum Gasteiger partial charge on any atom is 0.0964 e. The van der Waals surface area contributed by atoms with Crippen molar-refractivity contribution in [2.45, 2.75) is 0 Å². The standard InChI is InChI=1S/2C12H8N2.ClH.O.V/c2*1-3-9-5-6-10-4-2-8-14-12(10)11(9)13-7-1;;;/h2*1-8H;1H;;/q;;;-2;/p-1. The molecule has 7 heteroatoms. The summed E-state index contributed by atoms with van der Waals surface area (Å²) >= 11 is 0. The van der Waals surface area contributed by atoms with E-state index in [4.69, 9.17) is 0 Å². The summed E-state index contributed by atoms with van der Waals surface area (Å²) in [6.07, 6.45) is 7.21. The van der Waals surface area contributed by atoms with Crippen LogP contribution in [0.3, 0.4) is 0 Å². The molecule has 0 aliphatic heterocycles. The second-order valence-electron chi connectivity index (χ2n) is 6.43. The maximum atomic E-state index is 4.35. The Morgan fingerprint density at radius 2 is 0.613 bits per heavy atom. The number of fused-ring (bicyclic) bond motifs is 6. The number of aromatic nitrogens is 4. The van der Waals surface area contributed by atoms with E-state index in [9.17, 15) is 0 Å². The van der Waals surface area contributed by atoms with Crippen molar-refractivity contribution in [1.29, 1.82) is 0 Å². The minimum atomic E-state index is 0. The summed E-state index contributed by atoms with van der Waals surface area (Å²) in [5.74, 6) is 0. The topological polar surface area (TPSA) is 80.1 Å². The second kappa shape index (κ2) is 10.8. The van der Waals surface area contributed by atoms with Crippen molar-refractivity contribution in [2.24, 2.45) is 0 Å². The molecule has 0 saturated heterocycles. The van der Waals surface area contributed by atoms with Crippen molar-refractivity contribution >= 4 is 43.6 Å². The maximum absolute atomic E-state index is 4.35. The number of pyridine rings is 4. The van der Waals surface area contributed by atoms with Gasteiger partial charge < -0.3 is 17.9 Å². The van der Waals surface area contributed by atoms with Crippen molar-refractivity contribution < 1.29 is 36.4 Å². The predicted molar refractivity (Wildman–Crippen MR) is 115 cm³/mol. The summed E-state index contributed by atoms with van der Waals surface area (Å²) in [4.78, 5) is 17.4. The van der Waals surface area contributed by atoms with Gasteiger partial charge in [0.25, 0.3) is 0 Å². The van der Waals surface area contributed by atoms with Crippen LogP contribution in [-0.2, 0) is 24.0 Å². The van der Waals surface area contributed by atoms with Gasteiger partial charge in [0.05, 0.1) is 22.1 Å². The van der Waals surface area contributed by atoms with E-state index >= 15 is 0 Å². The Kier molecular flexibility index (Phi) is 8.42. The average Bonchev–Trinajstić information content (AvgIpc) is 2.79. The van der Waals surface area contributed by atoms with Crippen LogP contribution in [0, 0.1) is 0 Å². The molecule has 4 aromatic heterocycles. The van der Waals surface area contributed by atoms with Crippen molar-refractivity contribution in [3.8, 4) is 0 Å². The number of hydrogen-bond acceptors (Lipinski definition) is 4. The molecule has 0 aliphatic carbocycles. The Labute approximate surface area is 197 Å². The molecular formula is C24H16ClN4OV-3. The van der Waals surface area contributed by atoms with Crippen LogP contribution in [0.1, 0.15) is 0 Å². The van der Waals surface area contributed by atoms with Crippen LogP contribution in [0.25, 0.3) is 43.6 Å². The van der Waals surface area contributed by atoms with E-state index in [1.165, 1.54) is 0 Å². The third-order valence-corrected chi connectivity index (χ3v) is 4.69. The molecule has 0 amide bonds. The Bertz CT molecular complexity index is 1220. The minimum Gasteiger partial charge on any atom is -2.00 e. The number of halogens is 1. The van der Waals surface area contributed by atoms with Gasteiger partial charge in [-0.15, -0.1) is 0 Å². The van der Waals surface area contributed by atoms with Crippen molar-refractivity contribution in [3.63, 3.8) is 0 Å². The zero-order chi connectivity index (χ0) is 18.8. The summed E-state index contributed by atoms with van der Waals surface area (Å²) in [7, 11) is 0. The molecule has 0 N–H and O–H groups in total. The molecule has 31 heavy (non-hydrogen) atoms.